The van der Waals surface area contributed by atoms with Crippen LogP contribution < -0.4 is 14.8 Å². The third-order valence-electron chi connectivity index (χ3n) is 6.47. The summed E-state index contributed by atoms with van der Waals surface area (Å²) < 4.78 is 69.9. The van der Waals surface area contributed by atoms with E-state index in [9.17, 15) is 31.2 Å². The van der Waals surface area contributed by atoms with Gasteiger partial charge in [-0.2, -0.15) is 13.2 Å². The van der Waals surface area contributed by atoms with Crippen LogP contribution in [-0.2, 0) is 26.2 Å². The Bertz CT molecular complexity index is 1610. The Morgan fingerprint density at radius 1 is 0.773 bits per heavy atom. The highest BCUT2D eigenvalue weighted by molar-refractivity contribution is 7.90. The summed E-state index contributed by atoms with van der Waals surface area (Å²) in [5, 5.41) is 1.70. The van der Waals surface area contributed by atoms with Gasteiger partial charge >= 0.3 is 12.1 Å². The third-order valence-corrected chi connectivity index (χ3v) is 7.86. The van der Waals surface area contributed by atoms with Crippen molar-refractivity contribution in [3.63, 3.8) is 0 Å². The maximum atomic E-state index is 12.5. The monoisotopic (exact) mass is 625 g/mol. The van der Waals surface area contributed by atoms with Crippen LogP contribution in [-0.4, -0.2) is 38.0 Å². The molecule has 3 aromatic carbocycles. The van der Waals surface area contributed by atoms with Crippen LogP contribution in [0.4, 0.5) is 13.2 Å². The predicted molar refractivity (Wildman–Crippen MR) is 159 cm³/mol. The molecule has 0 saturated heterocycles. The molecule has 2 amide bonds. The summed E-state index contributed by atoms with van der Waals surface area (Å²) in [6, 6.07) is 28.4. The average molecular weight is 626 g/mol. The number of unbranched alkanes of at least 4 members (excludes halogenated alkanes) is 2. The van der Waals surface area contributed by atoms with E-state index in [1.807, 2.05) is 77.5 Å². The predicted octanol–water partition coefficient (Wildman–Crippen LogP) is 6.04. The van der Waals surface area contributed by atoms with Gasteiger partial charge < -0.3 is 10.1 Å². The lowest BCUT2D eigenvalue weighted by Gasteiger charge is -2.11. The van der Waals surface area contributed by atoms with Crippen molar-refractivity contribution in [3.8, 4) is 28.3 Å². The van der Waals surface area contributed by atoms with Crippen LogP contribution in [0.25, 0.3) is 22.4 Å². The fraction of sp³-hybridized carbons (Fsp3) is 0.219. The molecule has 2 N–H and O–H groups in total. The van der Waals surface area contributed by atoms with E-state index < -0.39 is 34.6 Å². The molecule has 0 aliphatic rings. The number of benzene rings is 3. The Hall–Kier alpha value is -4.71. The second-order valence-electron chi connectivity index (χ2n) is 9.82. The number of alkyl halides is 3. The van der Waals surface area contributed by atoms with Crippen LogP contribution >= 0.6 is 0 Å². The lowest BCUT2D eigenvalue weighted by atomic mass is 10.0. The number of rotatable bonds is 13. The van der Waals surface area contributed by atoms with Gasteiger partial charge in [-0.25, -0.2) is 18.1 Å². The standard InChI is InChI=1S/C32H30F3N3O5S/c33-32(34,35)31(40)36-22-23-15-17-27(18-16-23)44(41,42)38-29(39)14-8-3-9-19-43-30-21-26(24-10-4-1-5-11-24)20-28(37-30)25-12-6-2-7-13-25/h1-2,4-7,10-13,15-18,20-21H,3,8-9,14,19,22H2,(H,36,40)(H,38,39). The molecular formula is C32H30F3N3O5S. The Labute approximate surface area is 253 Å². The first-order valence-electron chi connectivity index (χ1n) is 13.8. The zero-order valence-electron chi connectivity index (χ0n) is 23.5. The number of carbonyl (C=O) groups excluding carboxylic acids is 2. The minimum Gasteiger partial charge on any atom is -0.478 e. The molecule has 0 radical (unpaired) electrons. The first-order chi connectivity index (χ1) is 21.0. The molecule has 0 saturated carbocycles. The minimum absolute atomic E-state index is 0.0271. The zero-order valence-corrected chi connectivity index (χ0v) is 24.3. The molecule has 1 aromatic heterocycles. The molecule has 1 heterocycles. The minimum atomic E-state index is -5.02. The fourth-order valence-electron chi connectivity index (χ4n) is 4.20. The van der Waals surface area contributed by atoms with Crippen molar-refractivity contribution < 1.29 is 35.9 Å². The Morgan fingerprint density at radius 3 is 2.05 bits per heavy atom. The van der Waals surface area contributed by atoms with E-state index in [4.69, 9.17) is 4.74 Å². The molecule has 44 heavy (non-hydrogen) atoms. The van der Waals surface area contributed by atoms with Crippen LogP contribution in [0.3, 0.4) is 0 Å². The van der Waals surface area contributed by atoms with Crippen molar-refractivity contribution in [2.24, 2.45) is 0 Å². The van der Waals surface area contributed by atoms with Gasteiger partial charge in [-0.1, -0.05) is 72.8 Å². The highest BCUT2D eigenvalue weighted by atomic mass is 32.2. The number of carbonyl (C=O) groups is 2. The molecule has 0 spiro atoms. The molecular weight excluding hydrogens is 595 g/mol. The highest BCUT2D eigenvalue weighted by Crippen LogP contribution is 2.29. The van der Waals surface area contributed by atoms with Gasteiger partial charge in [0.1, 0.15) is 0 Å². The van der Waals surface area contributed by atoms with Crippen LogP contribution in [0.1, 0.15) is 31.2 Å². The molecule has 4 aromatic rings. The van der Waals surface area contributed by atoms with E-state index in [0.717, 1.165) is 34.5 Å². The molecule has 0 fully saturated rings. The van der Waals surface area contributed by atoms with E-state index in [2.05, 4.69) is 4.98 Å². The van der Waals surface area contributed by atoms with Gasteiger partial charge in [0.05, 0.1) is 17.2 Å². The molecule has 230 valence electrons. The van der Waals surface area contributed by atoms with Crippen molar-refractivity contribution in [3.05, 3.63) is 103 Å². The maximum Gasteiger partial charge on any atom is 0.471 e. The number of nitrogens with zero attached hydrogens (tertiary/aromatic N) is 1. The van der Waals surface area contributed by atoms with Crippen LogP contribution in [0, 0.1) is 0 Å². The van der Waals surface area contributed by atoms with Crippen molar-refractivity contribution in [1.82, 2.24) is 15.0 Å². The summed E-state index contributed by atoms with van der Waals surface area (Å²) in [6.07, 6.45) is -3.39. The first kappa shape index (κ1) is 32.2. The molecule has 0 bridgehead atoms. The highest BCUT2D eigenvalue weighted by Gasteiger charge is 2.38. The lowest BCUT2D eigenvalue weighted by molar-refractivity contribution is -0.173. The number of pyridine rings is 1. The molecule has 0 unspecified atom stereocenters. The summed E-state index contributed by atoms with van der Waals surface area (Å²) >= 11 is 0. The summed E-state index contributed by atoms with van der Waals surface area (Å²) in [5.41, 5.74) is 4.00. The summed E-state index contributed by atoms with van der Waals surface area (Å²) in [4.78, 5) is 27.6. The number of aromatic nitrogens is 1. The second-order valence-corrected chi connectivity index (χ2v) is 11.5. The Morgan fingerprint density at radius 2 is 1.41 bits per heavy atom. The first-order valence-corrected chi connectivity index (χ1v) is 15.2. The van der Waals surface area contributed by atoms with Gasteiger partial charge in [-0.05, 0) is 54.2 Å². The number of sulfonamides is 1. The maximum absolute atomic E-state index is 12.5. The van der Waals surface area contributed by atoms with Crippen LogP contribution in [0.15, 0.2) is 102 Å². The zero-order chi connectivity index (χ0) is 31.6. The third kappa shape index (κ3) is 9.40. The lowest BCUT2D eigenvalue weighted by Crippen LogP contribution is -2.36. The van der Waals surface area contributed by atoms with Crippen molar-refractivity contribution in [1.29, 1.82) is 0 Å². The average Bonchev–Trinajstić information content (AvgIpc) is 3.01. The van der Waals surface area contributed by atoms with Gasteiger partial charge in [0.2, 0.25) is 11.8 Å². The number of nitrogens with one attached hydrogen (secondary N) is 2. The fourth-order valence-corrected chi connectivity index (χ4v) is 5.22. The molecule has 4 rings (SSSR count). The quantitative estimate of drug-likeness (QED) is 0.175. The van der Waals surface area contributed by atoms with Crippen molar-refractivity contribution in [2.45, 2.75) is 43.3 Å². The number of hydrogen-bond donors (Lipinski definition) is 2. The molecule has 0 aliphatic heterocycles. The normalized spacial score (nSPS) is 11.5. The summed E-state index contributed by atoms with van der Waals surface area (Å²) in [6.45, 7) is -0.0768. The van der Waals surface area contributed by atoms with Gasteiger partial charge in [0.15, 0.2) is 0 Å². The van der Waals surface area contributed by atoms with Crippen molar-refractivity contribution >= 4 is 21.8 Å². The number of halogens is 3. The number of hydrogen-bond acceptors (Lipinski definition) is 6. The van der Waals surface area contributed by atoms with E-state index >= 15 is 0 Å². The van der Waals surface area contributed by atoms with E-state index in [0.29, 0.717) is 31.7 Å². The second kappa shape index (κ2) is 14.6. The van der Waals surface area contributed by atoms with Gasteiger partial charge in [0.25, 0.3) is 10.0 Å². The van der Waals surface area contributed by atoms with Crippen LogP contribution in [0.5, 0.6) is 5.88 Å². The molecule has 8 nitrogen and oxygen atoms in total. The summed E-state index contributed by atoms with van der Waals surface area (Å²) in [5.74, 6) is -2.31. The topological polar surface area (TPSA) is 114 Å². The molecule has 0 aliphatic carbocycles. The summed E-state index contributed by atoms with van der Waals surface area (Å²) in [7, 11) is -4.17. The number of amides is 2. The van der Waals surface area contributed by atoms with Gasteiger partial charge in [-0.15, -0.1) is 0 Å². The van der Waals surface area contributed by atoms with Gasteiger partial charge in [0, 0.05) is 24.6 Å². The molecule has 0 atom stereocenters. The van der Waals surface area contributed by atoms with Crippen molar-refractivity contribution in [2.75, 3.05) is 6.61 Å². The molecule has 12 heteroatoms. The SMILES string of the molecule is O=C(CCCCCOc1cc(-c2ccccc2)cc(-c2ccccc2)n1)NS(=O)(=O)c1ccc(CNC(=O)C(F)(F)F)cc1. The Balaban J connectivity index is 1.23. The Kier molecular flexibility index (Phi) is 10.7. The number of ether oxygens (including phenoxy) is 1. The van der Waals surface area contributed by atoms with Gasteiger partial charge in [-0.3, -0.25) is 9.59 Å². The van der Waals surface area contributed by atoms with Crippen LogP contribution in [0.2, 0.25) is 0 Å². The van der Waals surface area contributed by atoms with E-state index in [1.54, 1.807) is 5.32 Å². The van der Waals surface area contributed by atoms with E-state index in [1.165, 1.54) is 12.1 Å². The largest absolute Gasteiger partial charge is 0.478 e. The smallest absolute Gasteiger partial charge is 0.471 e. The van der Waals surface area contributed by atoms with E-state index in [-0.39, 0.29) is 16.9 Å².